The van der Waals surface area contributed by atoms with E-state index in [1.165, 1.54) is 24.3 Å². The predicted octanol–water partition coefficient (Wildman–Crippen LogP) is 3.99. The van der Waals surface area contributed by atoms with E-state index in [0.29, 0.717) is 12.0 Å². The molecular formula is C16H19F3O3. The van der Waals surface area contributed by atoms with Crippen molar-refractivity contribution in [2.24, 2.45) is 0 Å². The first kappa shape index (κ1) is 18.2. The molecule has 0 bridgehead atoms. The molecule has 1 rings (SSSR count). The second kappa shape index (κ2) is 6.96. The van der Waals surface area contributed by atoms with E-state index >= 15 is 0 Å². The summed E-state index contributed by atoms with van der Waals surface area (Å²) in [5.74, 6) is -1.50. The fourth-order valence-electron chi connectivity index (χ4n) is 2.13. The molecule has 0 fully saturated rings. The standard InChI is InChI=1S/C16H19F3O3/c1-5-13(11(2)3)22-14(20)15(21-4,16(17,18)19)12-9-7-6-8-10-12/h6-10,13H,2,5H2,1,3-4H3/t13?,15-/m1/s1. The fraction of sp³-hybridized carbons (Fsp3) is 0.438. The first-order valence-electron chi connectivity index (χ1n) is 6.74. The van der Waals surface area contributed by atoms with Crippen molar-refractivity contribution in [3.05, 3.63) is 48.0 Å². The van der Waals surface area contributed by atoms with Crippen molar-refractivity contribution in [2.75, 3.05) is 7.11 Å². The Morgan fingerprint density at radius 2 is 1.82 bits per heavy atom. The summed E-state index contributed by atoms with van der Waals surface area (Å²) < 4.78 is 50.5. The molecule has 0 amide bonds. The summed E-state index contributed by atoms with van der Waals surface area (Å²) in [5.41, 5.74) is -3.01. The Kier molecular flexibility index (Phi) is 5.77. The summed E-state index contributed by atoms with van der Waals surface area (Å²) >= 11 is 0. The van der Waals surface area contributed by atoms with E-state index in [0.717, 1.165) is 7.11 Å². The molecule has 0 heterocycles. The Labute approximate surface area is 127 Å². The van der Waals surface area contributed by atoms with Gasteiger partial charge in [0.1, 0.15) is 6.10 Å². The minimum atomic E-state index is -4.96. The van der Waals surface area contributed by atoms with Crippen LogP contribution in [0.25, 0.3) is 0 Å². The van der Waals surface area contributed by atoms with Crippen LogP contribution < -0.4 is 0 Å². The summed E-state index contributed by atoms with van der Waals surface area (Å²) in [6.07, 6.45) is -5.44. The largest absolute Gasteiger partial charge is 0.455 e. The van der Waals surface area contributed by atoms with Crippen molar-refractivity contribution in [1.29, 1.82) is 0 Å². The maximum atomic E-state index is 13.6. The quantitative estimate of drug-likeness (QED) is 0.588. The highest BCUT2D eigenvalue weighted by Crippen LogP contribution is 2.43. The zero-order chi connectivity index (χ0) is 17.0. The van der Waals surface area contributed by atoms with E-state index in [4.69, 9.17) is 4.74 Å². The zero-order valence-corrected chi connectivity index (χ0v) is 12.7. The number of esters is 1. The van der Waals surface area contributed by atoms with Crippen LogP contribution >= 0.6 is 0 Å². The van der Waals surface area contributed by atoms with E-state index in [1.807, 2.05) is 0 Å². The van der Waals surface area contributed by atoms with Crippen LogP contribution in [0, 0.1) is 0 Å². The molecule has 3 nitrogen and oxygen atoms in total. The van der Waals surface area contributed by atoms with Gasteiger partial charge >= 0.3 is 12.1 Å². The van der Waals surface area contributed by atoms with Crippen LogP contribution in [-0.2, 0) is 19.9 Å². The van der Waals surface area contributed by atoms with Crippen molar-refractivity contribution in [1.82, 2.24) is 0 Å². The van der Waals surface area contributed by atoms with Gasteiger partial charge in [0, 0.05) is 12.7 Å². The second-order valence-corrected chi connectivity index (χ2v) is 4.90. The predicted molar refractivity (Wildman–Crippen MR) is 76.2 cm³/mol. The first-order valence-corrected chi connectivity index (χ1v) is 6.74. The zero-order valence-electron chi connectivity index (χ0n) is 12.7. The minimum absolute atomic E-state index is 0.327. The summed E-state index contributed by atoms with van der Waals surface area (Å²) in [6, 6.07) is 6.71. The van der Waals surface area contributed by atoms with E-state index in [9.17, 15) is 18.0 Å². The van der Waals surface area contributed by atoms with Gasteiger partial charge in [0.2, 0.25) is 0 Å². The smallest absolute Gasteiger partial charge is 0.432 e. The van der Waals surface area contributed by atoms with Gasteiger partial charge in [-0.3, -0.25) is 0 Å². The molecule has 2 atom stereocenters. The topological polar surface area (TPSA) is 35.5 Å². The molecule has 0 saturated heterocycles. The van der Waals surface area contributed by atoms with Crippen LogP contribution in [0.15, 0.2) is 42.5 Å². The number of carbonyl (C=O) groups is 1. The Bertz CT molecular complexity index is 525. The molecule has 0 spiro atoms. The van der Waals surface area contributed by atoms with Gasteiger partial charge in [-0.2, -0.15) is 13.2 Å². The van der Waals surface area contributed by atoms with Gasteiger partial charge < -0.3 is 9.47 Å². The summed E-state index contributed by atoms with van der Waals surface area (Å²) in [6.45, 7) is 6.90. The van der Waals surface area contributed by atoms with Gasteiger partial charge in [-0.05, 0) is 18.9 Å². The fourth-order valence-corrected chi connectivity index (χ4v) is 2.13. The van der Waals surface area contributed by atoms with Crippen molar-refractivity contribution in [3.8, 4) is 0 Å². The molecule has 22 heavy (non-hydrogen) atoms. The molecule has 0 aliphatic rings. The van der Waals surface area contributed by atoms with Crippen molar-refractivity contribution in [2.45, 2.75) is 38.1 Å². The van der Waals surface area contributed by atoms with Crippen LogP contribution in [0.1, 0.15) is 25.8 Å². The van der Waals surface area contributed by atoms with Crippen LogP contribution in [0.3, 0.4) is 0 Å². The van der Waals surface area contributed by atoms with E-state index < -0.39 is 23.9 Å². The highest BCUT2D eigenvalue weighted by Gasteiger charge is 2.64. The van der Waals surface area contributed by atoms with Crippen molar-refractivity contribution >= 4 is 5.97 Å². The number of methoxy groups -OCH3 is 1. The van der Waals surface area contributed by atoms with E-state index in [1.54, 1.807) is 19.9 Å². The second-order valence-electron chi connectivity index (χ2n) is 4.90. The average Bonchev–Trinajstić information content (AvgIpc) is 2.45. The molecule has 6 heteroatoms. The number of halogens is 3. The third-order valence-corrected chi connectivity index (χ3v) is 3.34. The molecule has 0 aromatic heterocycles. The molecule has 0 N–H and O–H groups in total. The normalized spacial score (nSPS) is 15.7. The maximum Gasteiger partial charge on any atom is 0.432 e. The number of hydrogen-bond acceptors (Lipinski definition) is 3. The minimum Gasteiger partial charge on any atom is -0.455 e. The van der Waals surface area contributed by atoms with E-state index in [-0.39, 0.29) is 5.56 Å². The lowest BCUT2D eigenvalue weighted by Crippen LogP contribution is -2.52. The lowest BCUT2D eigenvalue weighted by atomic mass is 9.92. The Balaban J connectivity index is 3.33. The third-order valence-electron chi connectivity index (χ3n) is 3.34. The van der Waals surface area contributed by atoms with Crippen molar-refractivity contribution < 1.29 is 27.4 Å². The lowest BCUT2D eigenvalue weighted by molar-refractivity contribution is -0.277. The van der Waals surface area contributed by atoms with Crippen molar-refractivity contribution in [3.63, 3.8) is 0 Å². The van der Waals surface area contributed by atoms with Gasteiger partial charge in [0.25, 0.3) is 5.60 Å². The molecule has 0 radical (unpaired) electrons. The van der Waals surface area contributed by atoms with Crippen LogP contribution in [-0.4, -0.2) is 25.4 Å². The molecule has 0 aliphatic carbocycles. The number of rotatable bonds is 6. The summed E-state index contributed by atoms with van der Waals surface area (Å²) in [5, 5.41) is 0. The number of ether oxygens (including phenoxy) is 2. The number of hydrogen-bond donors (Lipinski definition) is 0. The van der Waals surface area contributed by atoms with Crippen LogP contribution in [0.2, 0.25) is 0 Å². The molecule has 1 aromatic carbocycles. The van der Waals surface area contributed by atoms with Gasteiger partial charge in [0.15, 0.2) is 0 Å². The Hall–Kier alpha value is -1.82. The highest BCUT2D eigenvalue weighted by molar-refractivity contribution is 5.83. The number of alkyl halides is 3. The Morgan fingerprint density at radius 3 is 2.18 bits per heavy atom. The SMILES string of the molecule is C=C(C)C(CC)OC(=O)[C@](OC)(c1ccccc1)C(F)(F)F. The molecule has 0 aliphatic heterocycles. The molecular weight excluding hydrogens is 297 g/mol. The summed E-state index contributed by atoms with van der Waals surface area (Å²) in [7, 11) is 0.837. The number of benzene rings is 1. The molecule has 122 valence electrons. The van der Waals surface area contributed by atoms with Gasteiger partial charge in [-0.15, -0.1) is 0 Å². The van der Waals surface area contributed by atoms with Gasteiger partial charge in [-0.1, -0.05) is 43.8 Å². The average molecular weight is 316 g/mol. The van der Waals surface area contributed by atoms with Gasteiger partial charge in [0.05, 0.1) is 0 Å². The maximum absolute atomic E-state index is 13.6. The molecule has 0 saturated carbocycles. The van der Waals surface area contributed by atoms with Crippen LogP contribution in [0.4, 0.5) is 13.2 Å². The first-order chi connectivity index (χ1) is 10.2. The number of carbonyl (C=O) groups excluding carboxylic acids is 1. The highest BCUT2D eigenvalue weighted by atomic mass is 19.4. The lowest BCUT2D eigenvalue weighted by Gasteiger charge is -2.33. The Morgan fingerprint density at radius 1 is 1.27 bits per heavy atom. The van der Waals surface area contributed by atoms with E-state index in [2.05, 4.69) is 11.3 Å². The van der Waals surface area contributed by atoms with Gasteiger partial charge in [-0.25, -0.2) is 4.79 Å². The monoisotopic (exact) mass is 316 g/mol. The third kappa shape index (κ3) is 3.32. The molecule has 1 unspecified atom stereocenters. The summed E-state index contributed by atoms with van der Waals surface area (Å²) in [4.78, 5) is 12.3. The molecule has 1 aromatic rings. The van der Waals surface area contributed by atoms with Crippen LogP contribution in [0.5, 0.6) is 0 Å².